The second-order valence-corrected chi connectivity index (χ2v) is 7.10. The molecule has 0 spiro atoms. The van der Waals surface area contributed by atoms with Gasteiger partial charge in [0.1, 0.15) is 12.1 Å². The van der Waals surface area contributed by atoms with Gasteiger partial charge in [0.2, 0.25) is 5.91 Å². The van der Waals surface area contributed by atoms with Gasteiger partial charge in [-0.3, -0.25) is 14.5 Å². The van der Waals surface area contributed by atoms with Crippen LogP contribution in [0, 0.1) is 0 Å². The van der Waals surface area contributed by atoms with Crippen molar-refractivity contribution >= 4 is 17.8 Å². The van der Waals surface area contributed by atoms with Crippen molar-refractivity contribution in [3.05, 3.63) is 35.4 Å². The number of nitrogens with zero attached hydrogens (tertiary/aromatic N) is 1. The van der Waals surface area contributed by atoms with Gasteiger partial charge in [-0.2, -0.15) is 0 Å². The summed E-state index contributed by atoms with van der Waals surface area (Å²) < 4.78 is 0. The lowest BCUT2D eigenvalue weighted by atomic mass is 9.90. The zero-order valence-electron chi connectivity index (χ0n) is 15.6. The first-order valence-corrected chi connectivity index (χ1v) is 8.73. The van der Waals surface area contributed by atoms with E-state index in [1.165, 1.54) is 0 Å². The molecule has 1 aliphatic heterocycles. The van der Waals surface area contributed by atoms with E-state index in [-0.39, 0.29) is 18.5 Å². The normalized spacial score (nSPS) is 21.4. The van der Waals surface area contributed by atoms with Gasteiger partial charge in [0.25, 0.3) is 5.91 Å². The number of benzene rings is 1. The Morgan fingerprint density at radius 3 is 2.32 bits per heavy atom. The highest BCUT2D eigenvalue weighted by Crippen LogP contribution is 2.29. The number of urea groups is 1. The van der Waals surface area contributed by atoms with Crippen LogP contribution in [-0.2, 0) is 15.1 Å². The maximum Gasteiger partial charge on any atom is 0.325 e. The predicted molar refractivity (Wildman–Crippen MR) is 96.0 cm³/mol. The van der Waals surface area contributed by atoms with Gasteiger partial charge in [-0.25, -0.2) is 4.79 Å². The maximum atomic E-state index is 12.8. The van der Waals surface area contributed by atoms with Crippen molar-refractivity contribution < 1.29 is 14.4 Å². The number of hydrogen-bond donors (Lipinski definition) is 2. The molecule has 0 bridgehead atoms. The first kappa shape index (κ1) is 19.0. The molecule has 0 saturated carbocycles. The van der Waals surface area contributed by atoms with Crippen LogP contribution in [-0.4, -0.2) is 35.3 Å². The number of rotatable bonds is 6. The van der Waals surface area contributed by atoms with E-state index in [0.717, 1.165) is 16.9 Å². The molecule has 1 aromatic carbocycles. The summed E-state index contributed by atoms with van der Waals surface area (Å²) >= 11 is 0. The summed E-state index contributed by atoms with van der Waals surface area (Å²) in [6.45, 7) is 9.42. The van der Waals surface area contributed by atoms with Crippen molar-refractivity contribution in [2.24, 2.45) is 0 Å². The highest BCUT2D eigenvalue weighted by molar-refractivity contribution is 6.09. The van der Waals surface area contributed by atoms with Crippen LogP contribution in [0.5, 0.6) is 0 Å². The van der Waals surface area contributed by atoms with Crippen molar-refractivity contribution in [2.75, 3.05) is 6.54 Å². The van der Waals surface area contributed by atoms with Crippen LogP contribution in [0.1, 0.15) is 58.1 Å². The summed E-state index contributed by atoms with van der Waals surface area (Å²) in [5, 5.41) is 5.50. The predicted octanol–water partition coefficient (Wildman–Crippen LogP) is 2.49. The topological polar surface area (TPSA) is 78.5 Å². The smallest absolute Gasteiger partial charge is 0.325 e. The third kappa shape index (κ3) is 3.83. The molecule has 0 aliphatic carbocycles. The Hall–Kier alpha value is -2.37. The number of carbonyl (C=O) groups excluding carboxylic acids is 3. The number of nitrogens with one attached hydrogen (secondary N) is 2. The van der Waals surface area contributed by atoms with E-state index in [4.69, 9.17) is 0 Å². The van der Waals surface area contributed by atoms with Gasteiger partial charge in [0.15, 0.2) is 0 Å². The first-order valence-electron chi connectivity index (χ1n) is 8.73. The molecule has 1 saturated heterocycles. The quantitative estimate of drug-likeness (QED) is 0.778. The summed E-state index contributed by atoms with van der Waals surface area (Å²) in [4.78, 5) is 38.1. The molecule has 1 heterocycles. The number of amides is 4. The second-order valence-electron chi connectivity index (χ2n) is 7.10. The van der Waals surface area contributed by atoms with Crippen LogP contribution in [0.2, 0.25) is 0 Å². The van der Waals surface area contributed by atoms with Crippen molar-refractivity contribution in [1.82, 2.24) is 15.5 Å². The monoisotopic (exact) mass is 345 g/mol. The van der Waals surface area contributed by atoms with E-state index in [2.05, 4.69) is 24.5 Å². The van der Waals surface area contributed by atoms with Crippen molar-refractivity contribution in [3.8, 4) is 0 Å². The van der Waals surface area contributed by atoms with Gasteiger partial charge in [-0.05, 0) is 37.3 Å². The van der Waals surface area contributed by atoms with Crippen LogP contribution < -0.4 is 10.6 Å². The molecule has 0 unspecified atom stereocenters. The lowest BCUT2D eigenvalue weighted by Gasteiger charge is -2.23. The Balaban J connectivity index is 2.17. The van der Waals surface area contributed by atoms with E-state index < -0.39 is 17.5 Å². The lowest BCUT2D eigenvalue weighted by Crippen LogP contribution is -2.44. The minimum absolute atomic E-state index is 0.00299. The lowest BCUT2D eigenvalue weighted by molar-refractivity contribution is -0.135. The average molecular weight is 345 g/mol. The van der Waals surface area contributed by atoms with Gasteiger partial charge in [-0.15, -0.1) is 0 Å². The zero-order chi connectivity index (χ0) is 18.8. The number of carbonyl (C=O) groups is 3. The highest BCUT2D eigenvalue weighted by atomic mass is 16.2. The zero-order valence-corrected chi connectivity index (χ0v) is 15.6. The van der Waals surface area contributed by atoms with Gasteiger partial charge in [0, 0.05) is 6.04 Å². The third-order valence-electron chi connectivity index (χ3n) is 4.75. The molecular weight excluding hydrogens is 318 g/mol. The summed E-state index contributed by atoms with van der Waals surface area (Å²) in [7, 11) is 0. The van der Waals surface area contributed by atoms with Gasteiger partial charge in [0.05, 0.1) is 0 Å². The maximum absolute atomic E-state index is 12.8. The van der Waals surface area contributed by atoms with E-state index in [1.807, 2.05) is 38.1 Å². The fourth-order valence-electron chi connectivity index (χ4n) is 2.80. The summed E-state index contributed by atoms with van der Waals surface area (Å²) in [6.07, 6.45) is 0.784. The largest absolute Gasteiger partial charge is 0.352 e. The first-order chi connectivity index (χ1) is 11.7. The van der Waals surface area contributed by atoms with Crippen LogP contribution in [0.25, 0.3) is 0 Å². The molecule has 2 atom stereocenters. The number of imide groups is 1. The molecule has 6 heteroatoms. The molecule has 0 radical (unpaired) electrons. The fourth-order valence-corrected chi connectivity index (χ4v) is 2.80. The van der Waals surface area contributed by atoms with Crippen molar-refractivity contribution in [1.29, 1.82) is 0 Å². The van der Waals surface area contributed by atoms with Crippen LogP contribution in [0.15, 0.2) is 24.3 Å². The molecule has 6 nitrogen and oxygen atoms in total. The SMILES string of the molecule is CC[C@@H](C)NC(=O)CN1C(=O)N[C@](C)(c2ccc(C(C)C)cc2)C1=O. The van der Waals surface area contributed by atoms with Gasteiger partial charge >= 0.3 is 6.03 Å². The van der Waals surface area contributed by atoms with Crippen LogP contribution >= 0.6 is 0 Å². The van der Waals surface area contributed by atoms with E-state index >= 15 is 0 Å². The van der Waals surface area contributed by atoms with E-state index in [9.17, 15) is 14.4 Å². The summed E-state index contributed by atoms with van der Waals surface area (Å²) in [6, 6.07) is 7.10. The minimum atomic E-state index is -1.15. The Kier molecular flexibility index (Phi) is 5.50. The van der Waals surface area contributed by atoms with E-state index in [1.54, 1.807) is 6.92 Å². The molecule has 136 valence electrons. The highest BCUT2D eigenvalue weighted by Gasteiger charge is 2.49. The van der Waals surface area contributed by atoms with Crippen LogP contribution in [0.4, 0.5) is 4.79 Å². The molecule has 2 rings (SSSR count). The minimum Gasteiger partial charge on any atom is -0.352 e. The molecule has 25 heavy (non-hydrogen) atoms. The molecule has 1 fully saturated rings. The van der Waals surface area contributed by atoms with Crippen molar-refractivity contribution in [3.63, 3.8) is 0 Å². The Labute approximate surface area is 149 Å². The molecule has 2 N–H and O–H groups in total. The standard InChI is InChI=1S/C19H27N3O3/c1-6-13(4)20-16(23)11-22-17(24)19(5,21-18(22)25)15-9-7-14(8-10-15)12(2)3/h7-10,12-13H,6,11H2,1-5H3,(H,20,23)(H,21,25)/t13-,19-/m1/s1. The van der Waals surface area contributed by atoms with Crippen LogP contribution in [0.3, 0.4) is 0 Å². The van der Waals surface area contributed by atoms with Crippen molar-refractivity contribution in [2.45, 2.75) is 58.5 Å². The summed E-state index contributed by atoms with van der Waals surface area (Å²) in [5.41, 5.74) is 0.720. The Bertz CT molecular complexity index is 669. The average Bonchev–Trinajstić information content (AvgIpc) is 2.79. The third-order valence-corrected chi connectivity index (χ3v) is 4.75. The molecular formula is C19H27N3O3. The Morgan fingerprint density at radius 1 is 1.20 bits per heavy atom. The van der Waals surface area contributed by atoms with Gasteiger partial charge < -0.3 is 10.6 Å². The van der Waals surface area contributed by atoms with E-state index in [0.29, 0.717) is 11.5 Å². The molecule has 4 amide bonds. The Morgan fingerprint density at radius 2 is 1.80 bits per heavy atom. The molecule has 0 aromatic heterocycles. The molecule has 1 aromatic rings. The fraction of sp³-hybridized carbons (Fsp3) is 0.526. The number of hydrogen-bond acceptors (Lipinski definition) is 3. The molecule has 1 aliphatic rings. The summed E-state index contributed by atoms with van der Waals surface area (Å²) in [5.74, 6) is -0.358. The second kappa shape index (κ2) is 7.25. The van der Waals surface area contributed by atoms with Gasteiger partial charge in [-0.1, -0.05) is 45.0 Å².